The number of aromatic nitrogens is 4. The fraction of sp³-hybridized carbons (Fsp3) is 0.344. The first-order valence-corrected chi connectivity index (χ1v) is 14.3. The predicted molar refractivity (Wildman–Crippen MR) is 158 cm³/mol. The molecule has 1 fully saturated rings. The van der Waals surface area contributed by atoms with Crippen molar-refractivity contribution in [2.45, 2.75) is 45.1 Å². The molecular formula is C32H37N7O2. The Balaban J connectivity index is 1.21. The highest BCUT2D eigenvalue weighted by molar-refractivity contribution is 5.77. The molecule has 0 spiro atoms. The average Bonchev–Trinajstić information content (AvgIpc) is 3.53. The van der Waals surface area contributed by atoms with Crippen molar-refractivity contribution in [3.63, 3.8) is 0 Å². The van der Waals surface area contributed by atoms with Gasteiger partial charge in [-0.15, -0.1) is 5.10 Å². The molecule has 0 aliphatic carbocycles. The SMILES string of the molecule is CC(=O)NCCc1ccccc1Cc1ccccc1CCC(=O)N1CCNC[C@H]1Cc1ccc(-c2nnn[nH]2)cc1. The summed E-state index contributed by atoms with van der Waals surface area (Å²) in [6.07, 6.45) is 3.58. The maximum atomic E-state index is 13.5. The zero-order chi connectivity index (χ0) is 28.4. The Morgan fingerprint density at radius 1 is 0.927 bits per heavy atom. The molecule has 0 unspecified atom stereocenters. The minimum absolute atomic E-state index is 0.0114. The molecule has 0 bridgehead atoms. The largest absolute Gasteiger partial charge is 0.356 e. The maximum Gasteiger partial charge on any atom is 0.223 e. The Labute approximate surface area is 240 Å². The summed E-state index contributed by atoms with van der Waals surface area (Å²) in [7, 11) is 0. The zero-order valence-corrected chi connectivity index (χ0v) is 23.5. The number of carbonyl (C=O) groups excluding carboxylic acids is 2. The number of tetrazole rings is 1. The number of benzene rings is 3. The second-order valence-corrected chi connectivity index (χ2v) is 10.5. The summed E-state index contributed by atoms with van der Waals surface area (Å²) in [4.78, 5) is 26.9. The molecular weight excluding hydrogens is 514 g/mol. The van der Waals surface area contributed by atoms with Crippen molar-refractivity contribution in [2.75, 3.05) is 26.2 Å². The van der Waals surface area contributed by atoms with Gasteiger partial charge in [0.05, 0.1) is 0 Å². The molecule has 2 heterocycles. The second kappa shape index (κ2) is 13.8. The number of piperazine rings is 1. The summed E-state index contributed by atoms with van der Waals surface area (Å²) < 4.78 is 0. The molecule has 41 heavy (non-hydrogen) atoms. The lowest BCUT2D eigenvalue weighted by atomic mass is 9.93. The molecule has 3 N–H and O–H groups in total. The fourth-order valence-corrected chi connectivity index (χ4v) is 5.54. The van der Waals surface area contributed by atoms with Gasteiger partial charge in [0.1, 0.15) is 0 Å². The highest BCUT2D eigenvalue weighted by Gasteiger charge is 2.26. The van der Waals surface area contributed by atoms with Gasteiger partial charge >= 0.3 is 0 Å². The van der Waals surface area contributed by atoms with Crippen LogP contribution in [0, 0.1) is 0 Å². The number of nitrogens with zero attached hydrogens (tertiary/aromatic N) is 4. The number of carbonyl (C=O) groups is 2. The normalized spacial score (nSPS) is 15.0. The van der Waals surface area contributed by atoms with Gasteiger partial charge in [-0.3, -0.25) is 9.59 Å². The van der Waals surface area contributed by atoms with Gasteiger partial charge in [-0.05, 0) is 63.9 Å². The summed E-state index contributed by atoms with van der Waals surface area (Å²) in [5, 5.41) is 20.4. The van der Waals surface area contributed by atoms with Crippen LogP contribution < -0.4 is 10.6 Å². The predicted octanol–water partition coefficient (Wildman–Crippen LogP) is 3.11. The van der Waals surface area contributed by atoms with Crippen LogP contribution in [0.1, 0.15) is 41.2 Å². The molecule has 1 aliphatic heterocycles. The molecule has 1 saturated heterocycles. The molecule has 4 aromatic rings. The highest BCUT2D eigenvalue weighted by Crippen LogP contribution is 2.21. The summed E-state index contributed by atoms with van der Waals surface area (Å²) in [6, 6.07) is 25.1. The Morgan fingerprint density at radius 3 is 2.27 bits per heavy atom. The number of rotatable bonds is 11. The number of amides is 2. The molecule has 1 aromatic heterocycles. The van der Waals surface area contributed by atoms with Crippen molar-refractivity contribution in [3.05, 3.63) is 101 Å². The van der Waals surface area contributed by atoms with Crippen LogP contribution in [0.15, 0.2) is 72.8 Å². The lowest BCUT2D eigenvalue weighted by Gasteiger charge is -2.36. The summed E-state index contributed by atoms with van der Waals surface area (Å²) in [6.45, 7) is 4.48. The van der Waals surface area contributed by atoms with E-state index in [0.717, 1.165) is 37.9 Å². The van der Waals surface area contributed by atoms with E-state index in [1.807, 2.05) is 18.2 Å². The molecule has 5 rings (SSSR count). The molecule has 1 atom stereocenters. The van der Waals surface area contributed by atoms with E-state index in [9.17, 15) is 9.59 Å². The lowest BCUT2D eigenvalue weighted by Crippen LogP contribution is -2.54. The van der Waals surface area contributed by atoms with Gasteiger partial charge in [-0.2, -0.15) is 0 Å². The standard InChI is InChI=1S/C32H37N7O2/c1-23(40)34-17-16-26-7-3-5-9-29(26)21-28-8-4-2-6-25(28)14-15-31(41)39-19-18-33-22-30(39)20-24-10-12-27(13-11-24)32-35-37-38-36-32/h2-13,30,33H,14-22H2,1H3,(H,34,40)(H,35,36,37,38)/t30-/m1/s1. The number of H-pyrrole nitrogens is 1. The van der Waals surface area contributed by atoms with Gasteiger partial charge in [0.15, 0.2) is 5.82 Å². The molecule has 3 aromatic carbocycles. The summed E-state index contributed by atoms with van der Waals surface area (Å²) in [5.41, 5.74) is 7.05. The summed E-state index contributed by atoms with van der Waals surface area (Å²) >= 11 is 0. The number of aryl methyl sites for hydroxylation is 1. The second-order valence-electron chi connectivity index (χ2n) is 10.5. The van der Waals surface area contributed by atoms with Gasteiger partial charge in [0.2, 0.25) is 11.8 Å². The third-order valence-electron chi connectivity index (χ3n) is 7.71. The molecule has 2 amide bonds. The fourth-order valence-electron chi connectivity index (χ4n) is 5.54. The van der Waals surface area contributed by atoms with E-state index in [1.54, 1.807) is 6.92 Å². The van der Waals surface area contributed by atoms with Crippen LogP contribution in [0.25, 0.3) is 11.4 Å². The Hall–Kier alpha value is -4.37. The smallest absolute Gasteiger partial charge is 0.223 e. The Bertz CT molecular complexity index is 1440. The van der Waals surface area contributed by atoms with Crippen molar-refractivity contribution in [1.82, 2.24) is 36.2 Å². The molecule has 9 nitrogen and oxygen atoms in total. The lowest BCUT2D eigenvalue weighted by molar-refractivity contribution is -0.134. The number of nitrogens with one attached hydrogen (secondary N) is 3. The van der Waals surface area contributed by atoms with Gasteiger partial charge in [0, 0.05) is 51.1 Å². The van der Waals surface area contributed by atoms with E-state index >= 15 is 0 Å². The first-order valence-electron chi connectivity index (χ1n) is 14.3. The Kier molecular flexibility index (Phi) is 9.49. The number of hydrogen-bond acceptors (Lipinski definition) is 6. The molecule has 0 saturated carbocycles. The van der Waals surface area contributed by atoms with Gasteiger partial charge < -0.3 is 15.5 Å². The van der Waals surface area contributed by atoms with Gasteiger partial charge in [-0.25, -0.2) is 5.10 Å². The summed E-state index contributed by atoms with van der Waals surface area (Å²) in [5.74, 6) is 0.829. The Morgan fingerprint density at radius 2 is 1.61 bits per heavy atom. The van der Waals surface area contributed by atoms with Crippen LogP contribution in [-0.2, 0) is 35.3 Å². The van der Waals surface area contributed by atoms with Crippen LogP contribution in [0.3, 0.4) is 0 Å². The van der Waals surface area contributed by atoms with Gasteiger partial charge in [-0.1, -0.05) is 72.8 Å². The third kappa shape index (κ3) is 7.64. The quantitative estimate of drug-likeness (QED) is 0.264. The van der Waals surface area contributed by atoms with E-state index in [0.29, 0.717) is 31.8 Å². The maximum absolute atomic E-state index is 13.5. The highest BCUT2D eigenvalue weighted by atomic mass is 16.2. The monoisotopic (exact) mass is 551 g/mol. The van der Waals surface area contributed by atoms with E-state index in [1.165, 1.54) is 27.8 Å². The van der Waals surface area contributed by atoms with Crippen LogP contribution >= 0.6 is 0 Å². The van der Waals surface area contributed by atoms with Crippen molar-refractivity contribution in [2.24, 2.45) is 0 Å². The van der Waals surface area contributed by atoms with E-state index in [4.69, 9.17) is 0 Å². The zero-order valence-electron chi connectivity index (χ0n) is 23.5. The minimum Gasteiger partial charge on any atom is -0.356 e. The van der Waals surface area contributed by atoms with E-state index in [-0.39, 0.29) is 17.9 Å². The van der Waals surface area contributed by atoms with Crippen LogP contribution in [0.4, 0.5) is 0 Å². The number of hydrogen-bond donors (Lipinski definition) is 3. The van der Waals surface area contributed by atoms with Crippen molar-refractivity contribution >= 4 is 11.8 Å². The molecule has 9 heteroatoms. The van der Waals surface area contributed by atoms with Gasteiger partial charge in [0.25, 0.3) is 0 Å². The topological polar surface area (TPSA) is 116 Å². The molecule has 0 radical (unpaired) electrons. The van der Waals surface area contributed by atoms with Crippen LogP contribution in [-0.4, -0.2) is 69.6 Å². The van der Waals surface area contributed by atoms with Crippen molar-refractivity contribution in [3.8, 4) is 11.4 Å². The first kappa shape index (κ1) is 28.2. The van der Waals surface area contributed by atoms with Crippen molar-refractivity contribution in [1.29, 1.82) is 0 Å². The number of aromatic amines is 1. The van der Waals surface area contributed by atoms with Crippen molar-refractivity contribution < 1.29 is 9.59 Å². The third-order valence-corrected chi connectivity index (χ3v) is 7.71. The van der Waals surface area contributed by atoms with E-state index in [2.05, 4.69) is 90.8 Å². The van der Waals surface area contributed by atoms with Crippen LogP contribution in [0.5, 0.6) is 0 Å². The molecule has 212 valence electrons. The van der Waals surface area contributed by atoms with E-state index < -0.39 is 0 Å². The first-order chi connectivity index (χ1) is 20.1. The molecule has 1 aliphatic rings. The minimum atomic E-state index is -0.0114. The average molecular weight is 552 g/mol. The van der Waals surface area contributed by atoms with Crippen LogP contribution in [0.2, 0.25) is 0 Å².